The number of nitrogens with zero attached hydrogens (tertiary/aromatic N) is 5. The molecule has 6 aromatic rings. The number of Topliss-reactive ketones (excluding diaryl/α,β-unsaturated/α-hetero) is 1. The molecule has 2 aromatic carbocycles. The van der Waals surface area contributed by atoms with Crippen LogP contribution in [0.4, 0.5) is 22.7 Å². The Morgan fingerprint density at radius 3 is 1.74 bits per heavy atom. The molecule has 5 heterocycles. The number of fused-ring (bicyclic) bond motifs is 3. The minimum atomic E-state index is -2.24. The fraction of sp³-hybridized carbons (Fsp3) is 0.316. The van der Waals surface area contributed by atoms with E-state index in [0.29, 0.717) is 28.4 Å². The summed E-state index contributed by atoms with van der Waals surface area (Å²) in [4.78, 5) is 107. The van der Waals surface area contributed by atoms with Crippen molar-refractivity contribution in [1.29, 1.82) is 0 Å². The highest BCUT2D eigenvalue weighted by molar-refractivity contribution is 9.12. The second-order valence-electron chi connectivity index (χ2n) is 20.8. The van der Waals surface area contributed by atoms with Crippen LogP contribution in [0.2, 0.25) is 0 Å². The zero-order valence-electron chi connectivity index (χ0n) is 48.2. The summed E-state index contributed by atoms with van der Waals surface area (Å²) in [5.74, 6) is -6.06. The number of ketones is 3. The highest BCUT2D eigenvalue weighted by Crippen LogP contribution is 2.52. The highest BCUT2D eigenvalue weighted by atomic mass is 79.9. The second kappa shape index (κ2) is 26.9. The van der Waals surface area contributed by atoms with Gasteiger partial charge in [-0.15, -0.1) is 12.4 Å². The van der Waals surface area contributed by atoms with E-state index in [4.69, 9.17) is 31.4 Å². The first-order chi connectivity index (χ1) is 41.0. The van der Waals surface area contributed by atoms with E-state index in [0.717, 1.165) is 0 Å². The summed E-state index contributed by atoms with van der Waals surface area (Å²) in [5.41, 5.74) is 15.5. The van der Waals surface area contributed by atoms with Crippen molar-refractivity contribution in [3.8, 4) is 17.2 Å². The highest BCUT2D eigenvalue weighted by Gasteiger charge is 2.50. The third-order valence-electron chi connectivity index (χ3n) is 14.7. The summed E-state index contributed by atoms with van der Waals surface area (Å²) < 4.78 is 23.3. The van der Waals surface area contributed by atoms with Gasteiger partial charge in [0, 0.05) is 102 Å². The fourth-order valence-electron chi connectivity index (χ4n) is 10.4. The third kappa shape index (κ3) is 13.7. The quantitative estimate of drug-likeness (QED) is 0.0204. The number of carbonyl (C=O) groups excluding carboxylic acids is 8. The number of hydrogen-bond acceptors (Lipinski definition) is 18. The molecule has 1 aliphatic heterocycles. The van der Waals surface area contributed by atoms with Crippen molar-refractivity contribution in [2.24, 2.45) is 50.4 Å². The molecule has 4 aromatic heterocycles. The van der Waals surface area contributed by atoms with Gasteiger partial charge in [0.25, 0.3) is 29.5 Å². The van der Waals surface area contributed by atoms with E-state index in [2.05, 4.69) is 54.1 Å². The summed E-state index contributed by atoms with van der Waals surface area (Å²) in [6, 6.07) is 9.69. The van der Waals surface area contributed by atoms with E-state index < -0.39 is 119 Å². The van der Waals surface area contributed by atoms with Crippen molar-refractivity contribution < 1.29 is 78.1 Å². The smallest absolute Gasteiger partial charge is 0.272 e. The summed E-state index contributed by atoms with van der Waals surface area (Å²) in [6.45, 7) is 4.53. The fourth-order valence-corrected chi connectivity index (χ4v) is 10.5. The molecule has 2 aliphatic carbocycles. The molecule has 5 amide bonds. The van der Waals surface area contributed by atoms with Gasteiger partial charge in [-0.25, -0.2) is 0 Å². The Morgan fingerprint density at radius 2 is 1.27 bits per heavy atom. The van der Waals surface area contributed by atoms with Crippen LogP contribution < -0.4 is 48.5 Å². The number of aromatic nitrogens is 4. The minimum absolute atomic E-state index is 0. The van der Waals surface area contributed by atoms with E-state index in [1.807, 2.05) is 0 Å². The zero-order chi connectivity index (χ0) is 63.7. The van der Waals surface area contributed by atoms with Gasteiger partial charge in [0.05, 0.1) is 75.9 Å². The number of aliphatic hydroxyl groups excluding tert-OH is 2. The number of guanidine groups is 1. The summed E-state index contributed by atoms with van der Waals surface area (Å²) >= 11 is 3.01. The normalized spacial score (nSPS) is 19.0. The number of nitrogens with one attached hydrogen (secondary N) is 5. The van der Waals surface area contributed by atoms with Crippen molar-refractivity contribution in [2.45, 2.75) is 62.4 Å². The average Bonchev–Trinajstić information content (AvgIpc) is 1.12. The third-order valence-corrected chi connectivity index (χ3v) is 15.1. The number of rotatable bonds is 17. The van der Waals surface area contributed by atoms with Crippen LogP contribution in [-0.4, -0.2) is 154 Å². The van der Waals surface area contributed by atoms with Crippen molar-refractivity contribution in [2.75, 3.05) is 48.1 Å². The molecule has 1 fully saturated rings. The molecule has 1 saturated heterocycles. The predicted octanol–water partition coefficient (Wildman–Crippen LogP) is 2.07. The molecular formula is C57H65BrClN13O16. The number of halogens is 2. The first-order valence-electron chi connectivity index (χ1n) is 26.6. The zero-order valence-corrected chi connectivity index (χ0v) is 50.6. The first kappa shape index (κ1) is 66.4. The van der Waals surface area contributed by atoms with E-state index >= 15 is 0 Å². The standard InChI is InChI=1S/C30H35BrN12O5.C27H29NO11.ClH/c1-16(31)25(44)36-17-9-22(41(3)12-17)27(46)38-19-11-24(43(5)14-19)29(48)39-20-10-23(42(4)15-20)28(47)37-18-8-21(40(2)13-18)26(45)34-6-7-35-30(32)33;1-10-22(31)13(28)6-17(38-10)39-15-8-27(36,16(30)9-29)7-12-19(15)26(35)21-20(24(12)33)23(32)11-4-3-5-14(37-2)18(11)25(21)34;/h8-15H,1,6-7H2,2-5H3,(H,34,45)(H,36,44)(H,37,47)(H,38,46)(H,39,48)(H4,32,33,35);3-5,10,13,15,17,22,29,31,33,35-36H,6-9,28H2,1-2H3;1H/t;10-,13-,15-,17-,22+,27-;/m.0./s1. The number of aromatic hydroxyl groups is 2. The summed E-state index contributed by atoms with van der Waals surface area (Å²) in [5, 5.41) is 67.3. The number of benzene rings is 2. The van der Waals surface area contributed by atoms with Crippen molar-refractivity contribution in [3.05, 3.63) is 134 Å². The lowest BCUT2D eigenvalue weighted by atomic mass is 9.72. The van der Waals surface area contributed by atoms with Crippen LogP contribution in [-0.2, 0) is 53.7 Å². The molecule has 3 aliphatic rings. The van der Waals surface area contributed by atoms with Gasteiger partial charge in [0.15, 0.2) is 23.8 Å². The molecule has 16 N–H and O–H groups in total. The number of anilines is 4. The van der Waals surface area contributed by atoms with Crippen LogP contribution in [0.3, 0.4) is 0 Å². The molecule has 0 radical (unpaired) electrons. The number of methoxy groups -OCH3 is 1. The van der Waals surface area contributed by atoms with E-state index in [-0.39, 0.29) is 93.4 Å². The van der Waals surface area contributed by atoms with Gasteiger partial charge < -0.3 is 102 Å². The Hall–Kier alpha value is -9.14. The van der Waals surface area contributed by atoms with Gasteiger partial charge in [0.2, 0.25) is 5.78 Å². The molecule has 468 valence electrons. The molecule has 31 heteroatoms. The van der Waals surface area contributed by atoms with Crippen LogP contribution in [0.5, 0.6) is 17.2 Å². The molecule has 0 bridgehead atoms. The monoisotopic (exact) mass is 1300 g/mol. The summed E-state index contributed by atoms with van der Waals surface area (Å²) in [7, 11) is 7.94. The second-order valence-corrected chi connectivity index (χ2v) is 21.8. The molecule has 6 atom stereocenters. The maximum absolute atomic E-state index is 13.6. The Morgan fingerprint density at radius 1 is 0.784 bits per heavy atom. The number of aryl methyl sites for hydroxylation is 4. The number of carbonyl (C=O) groups is 8. The number of aliphatic imine (C=N–C) groups is 1. The number of nitrogens with two attached hydrogens (primary N) is 3. The van der Waals surface area contributed by atoms with Crippen molar-refractivity contribution in [3.63, 3.8) is 0 Å². The van der Waals surface area contributed by atoms with Crippen LogP contribution in [0, 0.1) is 0 Å². The molecular weight excluding hydrogens is 1240 g/mol. The Kier molecular flexibility index (Phi) is 20.3. The maximum Gasteiger partial charge on any atom is 0.272 e. The predicted molar refractivity (Wildman–Crippen MR) is 324 cm³/mol. The topological polar surface area (TPSA) is 436 Å². The summed E-state index contributed by atoms with van der Waals surface area (Å²) in [6.07, 6.45) is 1.21. The van der Waals surface area contributed by atoms with E-state index in [1.54, 1.807) is 78.2 Å². The molecule has 0 spiro atoms. The first-order valence-corrected chi connectivity index (χ1v) is 27.4. The lowest BCUT2D eigenvalue weighted by Gasteiger charge is -2.42. The van der Waals surface area contributed by atoms with Gasteiger partial charge in [-0.3, -0.25) is 43.3 Å². The van der Waals surface area contributed by atoms with Crippen LogP contribution in [0.25, 0.3) is 0 Å². The SMILES string of the molecule is C=C(Br)C(=O)Nc1cc(C(=O)Nc2cc(C(=O)Nc3cc(C(=O)Nc4cc(C(=O)NCCN=C(N)N)n(C)c4)n(C)c3)n(C)c2)n(C)c1.COc1cccc2c1C(=O)c1c(O)c3c(c(O)c1C2=O)C[C@@](O)(C(=O)CO)C[C@@H]3O[C@H]1C[C@H](N)[C@H](O)[C@H](C)O1.Cl. The number of ether oxygens (including phenoxy) is 3. The Balaban J connectivity index is 0.000000253. The van der Waals surface area contributed by atoms with Crippen LogP contribution >= 0.6 is 28.3 Å². The molecule has 0 unspecified atom stereocenters. The van der Waals surface area contributed by atoms with E-state index in [9.17, 15) is 63.9 Å². The van der Waals surface area contributed by atoms with E-state index in [1.165, 1.54) is 49.6 Å². The van der Waals surface area contributed by atoms with Crippen LogP contribution in [0.1, 0.15) is 111 Å². The van der Waals surface area contributed by atoms with Gasteiger partial charge in [-0.05, 0) is 53.2 Å². The van der Waals surface area contributed by atoms with Gasteiger partial charge in [-0.1, -0.05) is 18.7 Å². The largest absolute Gasteiger partial charge is 0.507 e. The van der Waals surface area contributed by atoms with Gasteiger partial charge >= 0.3 is 0 Å². The molecule has 88 heavy (non-hydrogen) atoms. The number of aliphatic hydroxyl groups is 3. The Bertz CT molecular complexity index is 3830. The Labute approximate surface area is 516 Å². The number of hydrogen-bond donors (Lipinski definition) is 13. The minimum Gasteiger partial charge on any atom is -0.507 e. The average molecular weight is 1300 g/mol. The molecule has 0 saturated carbocycles. The van der Waals surface area contributed by atoms with Crippen molar-refractivity contribution >= 4 is 104 Å². The van der Waals surface area contributed by atoms with Crippen molar-refractivity contribution in [1.82, 2.24) is 23.6 Å². The lowest BCUT2D eigenvalue weighted by Crippen LogP contribution is -2.53. The maximum atomic E-state index is 13.6. The number of phenolic OH excluding ortho intramolecular Hbond substituents is 2. The molecule has 29 nitrogen and oxygen atoms in total. The van der Waals surface area contributed by atoms with Gasteiger partial charge in [0.1, 0.15) is 52.2 Å². The van der Waals surface area contributed by atoms with Crippen LogP contribution in [0.15, 0.2) is 83.3 Å². The lowest BCUT2D eigenvalue weighted by molar-refractivity contribution is -0.247. The molecule has 9 rings (SSSR count). The van der Waals surface area contributed by atoms with Gasteiger partial charge in [-0.2, -0.15) is 0 Å². The number of phenols is 2. The number of amides is 5.